The third-order valence-electron chi connectivity index (χ3n) is 4.91. The van der Waals surface area contributed by atoms with Gasteiger partial charge in [-0.25, -0.2) is 13.4 Å². The molecule has 0 saturated heterocycles. The third-order valence-corrected chi connectivity index (χ3v) is 6.56. The van der Waals surface area contributed by atoms with Crippen LogP contribution in [0.5, 0.6) is 0 Å². The molecule has 0 unspecified atom stereocenters. The van der Waals surface area contributed by atoms with Crippen LogP contribution in [0.2, 0.25) is 5.02 Å². The van der Waals surface area contributed by atoms with Crippen LogP contribution >= 0.6 is 11.6 Å². The van der Waals surface area contributed by atoms with E-state index in [1.165, 1.54) is 29.3 Å². The molecule has 1 aliphatic rings. The lowest BCUT2D eigenvalue weighted by Gasteiger charge is -2.18. The van der Waals surface area contributed by atoms with Gasteiger partial charge in [0.25, 0.3) is 10.0 Å². The van der Waals surface area contributed by atoms with Gasteiger partial charge in [0.15, 0.2) is 0 Å². The topological polar surface area (TPSA) is 92.0 Å². The second-order valence-corrected chi connectivity index (χ2v) is 9.13. The van der Waals surface area contributed by atoms with Crippen molar-refractivity contribution in [2.45, 2.75) is 30.7 Å². The fourth-order valence-electron chi connectivity index (χ4n) is 3.37. The Balaban J connectivity index is 1.60. The van der Waals surface area contributed by atoms with Gasteiger partial charge in [-0.3, -0.25) is 9.52 Å². The van der Waals surface area contributed by atoms with E-state index in [0.29, 0.717) is 35.0 Å². The predicted octanol–water partition coefficient (Wildman–Crippen LogP) is 4.82. The van der Waals surface area contributed by atoms with E-state index in [2.05, 4.69) is 9.82 Å². The van der Waals surface area contributed by atoms with Gasteiger partial charge in [0.1, 0.15) is 11.8 Å². The van der Waals surface area contributed by atoms with Crippen molar-refractivity contribution in [3.63, 3.8) is 0 Å². The Morgan fingerprint density at radius 3 is 2.65 bits per heavy atom. The highest BCUT2D eigenvalue weighted by Gasteiger charge is 2.34. The van der Waals surface area contributed by atoms with Crippen LogP contribution in [0.1, 0.15) is 37.1 Å². The van der Waals surface area contributed by atoms with Gasteiger partial charge in [-0.2, -0.15) is 5.10 Å². The number of nitrogens with zero attached hydrogens (tertiary/aromatic N) is 2. The van der Waals surface area contributed by atoms with Gasteiger partial charge in [-0.1, -0.05) is 30.7 Å². The Labute approximate surface area is 185 Å². The quantitative estimate of drug-likeness (QED) is 0.574. The van der Waals surface area contributed by atoms with Crippen LogP contribution < -0.4 is 4.72 Å². The number of sulfonamides is 1. The minimum Gasteiger partial charge on any atom is -0.467 e. The second-order valence-electron chi connectivity index (χ2n) is 7.01. The number of amides is 1. The number of hydrogen-bond donors (Lipinski definition) is 1. The zero-order valence-electron chi connectivity index (χ0n) is 16.7. The summed E-state index contributed by atoms with van der Waals surface area (Å²) in [5.41, 5.74) is 1.79. The van der Waals surface area contributed by atoms with Crippen molar-refractivity contribution in [1.29, 1.82) is 0 Å². The average molecular weight is 458 g/mol. The number of furan rings is 1. The summed E-state index contributed by atoms with van der Waals surface area (Å²) in [5.74, 6) is 0.538. The van der Waals surface area contributed by atoms with Gasteiger partial charge in [0.2, 0.25) is 5.91 Å². The van der Waals surface area contributed by atoms with E-state index in [4.69, 9.17) is 16.0 Å². The summed E-state index contributed by atoms with van der Waals surface area (Å²) in [5, 5.41) is 6.42. The minimum absolute atomic E-state index is 0.109. The Kier molecular flexibility index (Phi) is 5.84. The van der Waals surface area contributed by atoms with Crippen molar-refractivity contribution < 1.29 is 17.6 Å². The summed E-state index contributed by atoms with van der Waals surface area (Å²) in [7, 11) is -3.77. The van der Waals surface area contributed by atoms with Crippen LogP contribution in [-0.2, 0) is 14.8 Å². The molecule has 4 rings (SSSR count). The van der Waals surface area contributed by atoms with Crippen LogP contribution in [0.25, 0.3) is 0 Å². The van der Waals surface area contributed by atoms with E-state index in [1.54, 1.807) is 37.5 Å². The molecule has 0 radical (unpaired) electrons. The lowest BCUT2D eigenvalue weighted by atomic mass is 10.0. The van der Waals surface area contributed by atoms with Crippen molar-refractivity contribution in [1.82, 2.24) is 5.01 Å². The largest absolute Gasteiger partial charge is 0.467 e. The number of hydrazone groups is 1. The fraction of sp³-hybridized carbons (Fsp3) is 0.182. The summed E-state index contributed by atoms with van der Waals surface area (Å²) in [6.07, 6.45) is 2.34. The van der Waals surface area contributed by atoms with Crippen LogP contribution in [0.4, 0.5) is 5.69 Å². The van der Waals surface area contributed by atoms with Crippen molar-refractivity contribution in [2.24, 2.45) is 5.10 Å². The molecule has 0 aliphatic carbocycles. The normalized spacial score (nSPS) is 16.3. The molecule has 0 fully saturated rings. The maximum Gasteiger partial charge on any atom is 0.261 e. The maximum atomic E-state index is 12.7. The molecule has 3 aromatic rings. The summed E-state index contributed by atoms with van der Waals surface area (Å²) in [6.45, 7) is 1.78. The zero-order valence-corrected chi connectivity index (χ0v) is 18.2. The van der Waals surface area contributed by atoms with Crippen LogP contribution in [0.15, 0.2) is 81.3 Å². The van der Waals surface area contributed by atoms with E-state index in [9.17, 15) is 13.2 Å². The zero-order chi connectivity index (χ0) is 22.0. The SMILES string of the molecule is CCC(=O)N1N=C(c2cccc(NS(=O)(=O)c3ccc(Cl)cc3)c2)C[C@@H]1c1ccco1. The van der Waals surface area contributed by atoms with Crippen molar-refractivity contribution in [3.8, 4) is 0 Å². The molecule has 1 atom stereocenters. The molecule has 1 N–H and O–H groups in total. The second kappa shape index (κ2) is 8.56. The van der Waals surface area contributed by atoms with Gasteiger partial charge in [0.05, 0.1) is 16.9 Å². The van der Waals surface area contributed by atoms with Gasteiger partial charge < -0.3 is 4.42 Å². The Bertz CT molecular complexity index is 1220. The molecule has 2 heterocycles. The molecule has 7 nitrogen and oxygen atoms in total. The van der Waals surface area contributed by atoms with E-state index in [1.807, 2.05) is 12.1 Å². The molecule has 9 heteroatoms. The summed E-state index contributed by atoms with van der Waals surface area (Å²) >= 11 is 5.85. The molecule has 31 heavy (non-hydrogen) atoms. The van der Waals surface area contributed by atoms with Crippen molar-refractivity contribution >= 4 is 38.9 Å². The van der Waals surface area contributed by atoms with E-state index in [0.717, 1.165) is 5.56 Å². The number of rotatable bonds is 6. The van der Waals surface area contributed by atoms with Crippen LogP contribution in [-0.4, -0.2) is 25.0 Å². The molecule has 1 aromatic heterocycles. The number of nitrogens with one attached hydrogen (secondary N) is 1. The Hall–Kier alpha value is -3.10. The molecule has 0 spiro atoms. The number of halogens is 1. The predicted molar refractivity (Wildman–Crippen MR) is 118 cm³/mol. The summed E-state index contributed by atoms with van der Waals surface area (Å²) < 4.78 is 33.4. The van der Waals surface area contributed by atoms with E-state index < -0.39 is 10.0 Å². The molecule has 1 amide bonds. The van der Waals surface area contributed by atoms with Gasteiger partial charge in [0, 0.05) is 23.6 Å². The van der Waals surface area contributed by atoms with Crippen LogP contribution in [0, 0.1) is 0 Å². The molecule has 160 valence electrons. The number of hydrogen-bond acceptors (Lipinski definition) is 5. The van der Waals surface area contributed by atoms with Crippen molar-refractivity contribution in [2.75, 3.05) is 4.72 Å². The Morgan fingerprint density at radius 1 is 1.19 bits per heavy atom. The standard InChI is InChI=1S/C22H20ClN3O4S/c1-2-22(27)26-20(21-7-4-12-30-21)14-19(24-26)15-5-3-6-17(13-15)25-31(28,29)18-10-8-16(23)9-11-18/h3-13,20,25H,2,14H2,1H3/t20-/m1/s1. The van der Waals surface area contributed by atoms with Gasteiger partial charge in [-0.05, 0) is 54.1 Å². The first kappa shape index (κ1) is 21.1. The first-order chi connectivity index (χ1) is 14.9. The molecule has 0 saturated carbocycles. The molecule has 0 bridgehead atoms. The number of carbonyl (C=O) groups is 1. The smallest absolute Gasteiger partial charge is 0.261 e. The summed E-state index contributed by atoms with van der Waals surface area (Å²) in [4.78, 5) is 12.5. The third kappa shape index (κ3) is 4.50. The van der Waals surface area contributed by atoms with Gasteiger partial charge >= 0.3 is 0 Å². The summed E-state index contributed by atoms with van der Waals surface area (Å²) in [6, 6.07) is 16.1. The number of carbonyl (C=O) groups excluding carboxylic acids is 1. The van der Waals surface area contributed by atoms with Gasteiger partial charge in [-0.15, -0.1) is 0 Å². The maximum absolute atomic E-state index is 12.7. The monoisotopic (exact) mass is 457 g/mol. The Morgan fingerprint density at radius 2 is 1.97 bits per heavy atom. The first-order valence-electron chi connectivity index (χ1n) is 9.69. The molecule has 2 aromatic carbocycles. The molecular formula is C22H20ClN3O4S. The van der Waals surface area contributed by atoms with E-state index in [-0.39, 0.29) is 16.8 Å². The number of benzene rings is 2. The highest BCUT2D eigenvalue weighted by molar-refractivity contribution is 7.92. The van der Waals surface area contributed by atoms with Crippen molar-refractivity contribution in [3.05, 3.63) is 83.3 Å². The number of anilines is 1. The highest BCUT2D eigenvalue weighted by Crippen LogP contribution is 2.34. The molecule has 1 aliphatic heterocycles. The minimum atomic E-state index is -3.77. The average Bonchev–Trinajstić information content (AvgIpc) is 3.43. The fourth-order valence-corrected chi connectivity index (χ4v) is 4.54. The molecular weight excluding hydrogens is 438 g/mol. The lowest BCUT2D eigenvalue weighted by molar-refractivity contribution is -0.133. The first-order valence-corrected chi connectivity index (χ1v) is 11.6. The highest BCUT2D eigenvalue weighted by atomic mass is 35.5. The van der Waals surface area contributed by atoms with E-state index >= 15 is 0 Å². The van der Waals surface area contributed by atoms with Crippen LogP contribution in [0.3, 0.4) is 0 Å². The lowest BCUT2D eigenvalue weighted by Crippen LogP contribution is -2.25.